The fourth-order valence-corrected chi connectivity index (χ4v) is 4.07. The Morgan fingerprint density at radius 1 is 1.24 bits per heavy atom. The molecule has 0 saturated carbocycles. The molecule has 3 N–H and O–H groups in total. The molecule has 11 heteroatoms. The zero-order chi connectivity index (χ0) is 27.0. The summed E-state index contributed by atoms with van der Waals surface area (Å²) in [5.74, 6) is -0.273. The number of aromatic nitrogens is 2. The van der Waals surface area contributed by atoms with Gasteiger partial charge >= 0.3 is 6.18 Å². The SMILES string of the molecule is CN(Cc1ccccc1C(F)(F)F)C(=S)C[C@@H](CN)NC(=O)Cc1cncn1Cc1ccc(C#N)cc1. The number of nitrogens with one attached hydrogen (secondary N) is 1. The largest absolute Gasteiger partial charge is 0.416 e. The Morgan fingerprint density at radius 2 is 1.95 bits per heavy atom. The van der Waals surface area contributed by atoms with Crippen molar-refractivity contribution in [2.24, 2.45) is 5.73 Å². The number of nitriles is 1. The van der Waals surface area contributed by atoms with E-state index in [-0.39, 0.29) is 37.4 Å². The van der Waals surface area contributed by atoms with Gasteiger partial charge in [0, 0.05) is 51.0 Å². The van der Waals surface area contributed by atoms with Crippen LogP contribution in [0, 0.1) is 11.3 Å². The minimum absolute atomic E-state index is 0.0196. The Morgan fingerprint density at radius 3 is 2.59 bits per heavy atom. The lowest BCUT2D eigenvalue weighted by atomic mass is 10.1. The average Bonchev–Trinajstić information content (AvgIpc) is 3.29. The maximum atomic E-state index is 13.3. The maximum absolute atomic E-state index is 13.3. The zero-order valence-corrected chi connectivity index (χ0v) is 21.0. The van der Waals surface area contributed by atoms with E-state index in [2.05, 4.69) is 16.4 Å². The lowest BCUT2D eigenvalue weighted by molar-refractivity contribution is -0.138. The highest BCUT2D eigenvalue weighted by molar-refractivity contribution is 7.80. The molecule has 3 aromatic rings. The normalized spacial score (nSPS) is 12.0. The molecule has 1 amide bonds. The van der Waals surface area contributed by atoms with Crippen LogP contribution in [0.1, 0.15) is 34.4 Å². The molecule has 0 aliphatic rings. The van der Waals surface area contributed by atoms with Crippen molar-refractivity contribution < 1.29 is 18.0 Å². The van der Waals surface area contributed by atoms with Crippen LogP contribution in [0.3, 0.4) is 0 Å². The molecule has 0 fully saturated rings. The van der Waals surface area contributed by atoms with Crippen molar-refractivity contribution >= 4 is 23.1 Å². The molecular formula is C26H27F3N6OS. The summed E-state index contributed by atoms with van der Waals surface area (Å²) >= 11 is 5.44. The predicted molar refractivity (Wildman–Crippen MR) is 137 cm³/mol. The summed E-state index contributed by atoms with van der Waals surface area (Å²) in [6.07, 6.45) is -0.943. The topological polar surface area (TPSA) is 100.0 Å². The van der Waals surface area contributed by atoms with Gasteiger partial charge in [0.2, 0.25) is 5.91 Å². The van der Waals surface area contributed by atoms with Gasteiger partial charge in [0.05, 0.1) is 34.9 Å². The van der Waals surface area contributed by atoms with Crippen molar-refractivity contribution in [3.8, 4) is 6.07 Å². The van der Waals surface area contributed by atoms with Crippen LogP contribution in [0.25, 0.3) is 0 Å². The molecule has 0 saturated heterocycles. The number of hydrogen-bond acceptors (Lipinski definition) is 5. The van der Waals surface area contributed by atoms with Gasteiger partial charge in [-0.3, -0.25) is 4.79 Å². The Balaban J connectivity index is 1.57. The number of halogens is 3. The molecule has 3 rings (SSSR count). The molecule has 0 spiro atoms. The molecule has 37 heavy (non-hydrogen) atoms. The smallest absolute Gasteiger partial charge is 0.365 e. The molecule has 1 aromatic heterocycles. The lowest BCUT2D eigenvalue weighted by Crippen LogP contribution is -2.44. The molecule has 0 aliphatic heterocycles. The fourth-order valence-electron chi connectivity index (χ4n) is 3.80. The summed E-state index contributed by atoms with van der Waals surface area (Å²) in [4.78, 5) is 18.8. The van der Waals surface area contributed by atoms with Gasteiger partial charge in [-0.1, -0.05) is 42.5 Å². The van der Waals surface area contributed by atoms with E-state index >= 15 is 0 Å². The van der Waals surface area contributed by atoms with E-state index in [9.17, 15) is 18.0 Å². The molecular weight excluding hydrogens is 501 g/mol. The van der Waals surface area contributed by atoms with E-state index in [1.165, 1.54) is 12.1 Å². The standard InChI is InChI=1S/C26H27F3N6OS/c1-34(16-20-4-2-3-5-23(20)26(27,28)29)25(37)10-21(13-31)33-24(36)11-22-14-32-17-35(22)15-19-8-6-18(12-30)7-9-19/h2-9,14,17,21H,10-11,13,15-16,31H2,1H3,(H,33,36)/t21-/m0/s1. The second kappa shape index (κ2) is 12.5. The minimum atomic E-state index is -4.46. The van der Waals surface area contributed by atoms with E-state index < -0.39 is 17.8 Å². The van der Waals surface area contributed by atoms with Crippen molar-refractivity contribution in [2.45, 2.75) is 38.1 Å². The number of thiocarbonyl (C=S) groups is 1. The van der Waals surface area contributed by atoms with Crippen molar-refractivity contribution in [1.82, 2.24) is 19.8 Å². The van der Waals surface area contributed by atoms with Crippen LogP contribution in [-0.4, -0.2) is 45.0 Å². The van der Waals surface area contributed by atoms with Gasteiger partial charge in [0.25, 0.3) is 0 Å². The van der Waals surface area contributed by atoms with Gasteiger partial charge in [-0.25, -0.2) is 4.98 Å². The maximum Gasteiger partial charge on any atom is 0.416 e. The van der Waals surface area contributed by atoms with Crippen molar-refractivity contribution in [3.05, 3.63) is 89.0 Å². The van der Waals surface area contributed by atoms with Crippen LogP contribution in [0.15, 0.2) is 61.1 Å². The third kappa shape index (κ3) is 7.87. The Hall–Kier alpha value is -3.75. The number of alkyl halides is 3. The van der Waals surface area contributed by atoms with Crippen molar-refractivity contribution in [1.29, 1.82) is 5.26 Å². The molecule has 0 aliphatic carbocycles. The summed E-state index contributed by atoms with van der Waals surface area (Å²) in [5.41, 5.74) is 7.48. The first-order valence-corrected chi connectivity index (χ1v) is 11.9. The fraction of sp³-hybridized carbons (Fsp3) is 0.308. The summed E-state index contributed by atoms with van der Waals surface area (Å²) in [7, 11) is 1.62. The molecule has 1 atom stereocenters. The highest BCUT2D eigenvalue weighted by Crippen LogP contribution is 2.32. The molecule has 0 bridgehead atoms. The van der Waals surface area contributed by atoms with E-state index in [1.807, 2.05) is 16.7 Å². The van der Waals surface area contributed by atoms with E-state index in [4.69, 9.17) is 23.2 Å². The van der Waals surface area contributed by atoms with Gasteiger partial charge in [-0.15, -0.1) is 0 Å². The number of imidazole rings is 1. The van der Waals surface area contributed by atoms with Crippen LogP contribution in [-0.2, 0) is 30.5 Å². The summed E-state index contributed by atoms with van der Waals surface area (Å²) in [6.45, 7) is 0.584. The van der Waals surface area contributed by atoms with E-state index in [1.54, 1.807) is 42.7 Å². The van der Waals surface area contributed by atoms with Crippen LogP contribution in [0.4, 0.5) is 13.2 Å². The van der Waals surface area contributed by atoms with Gasteiger partial charge in [-0.2, -0.15) is 18.4 Å². The first kappa shape index (κ1) is 27.8. The van der Waals surface area contributed by atoms with Gasteiger partial charge < -0.3 is 20.5 Å². The highest BCUT2D eigenvalue weighted by Gasteiger charge is 2.33. The number of nitrogens with two attached hydrogens (primary N) is 1. The van der Waals surface area contributed by atoms with Crippen LogP contribution in [0.5, 0.6) is 0 Å². The molecule has 0 radical (unpaired) electrons. The lowest BCUT2D eigenvalue weighted by Gasteiger charge is -2.25. The van der Waals surface area contributed by atoms with Crippen molar-refractivity contribution in [2.75, 3.05) is 13.6 Å². The third-order valence-corrected chi connectivity index (χ3v) is 6.28. The van der Waals surface area contributed by atoms with Gasteiger partial charge in [0.15, 0.2) is 0 Å². The number of benzene rings is 2. The Kier molecular flexibility index (Phi) is 9.38. The monoisotopic (exact) mass is 528 g/mol. The van der Waals surface area contributed by atoms with Gasteiger partial charge in [-0.05, 0) is 29.3 Å². The predicted octanol–water partition coefficient (Wildman–Crippen LogP) is 3.66. The Labute approximate surface area is 218 Å². The molecule has 194 valence electrons. The first-order chi connectivity index (χ1) is 17.6. The third-order valence-electron chi connectivity index (χ3n) is 5.80. The second-order valence-electron chi connectivity index (χ2n) is 8.61. The Bertz CT molecular complexity index is 1270. The highest BCUT2D eigenvalue weighted by atomic mass is 32.1. The first-order valence-electron chi connectivity index (χ1n) is 11.5. The molecule has 2 aromatic carbocycles. The average molecular weight is 529 g/mol. The minimum Gasteiger partial charge on any atom is -0.365 e. The van der Waals surface area contributed by atoms with Crippen LogP contribution < -0.4 is 11.1 Å². The summed E-state index contributed by atoms with van der Waals surface area (Å²) < 4.78 is 41.8. The number of rotatable bonds is 10. The van der Waals surface area contributed by atoms with E-state index in [0.29, 0.717) is 22.8 Å². The quantitative estimate of drug-likeness (QED) is 0.390. The number of amides is 1. The number of carbonyl (C=O) groups is 1. The number of nitrogens with zero attached hydrogens (tertiary/aromatic N) is 4. The van der Waals surface area contributed by atoms with Crippen LogP contribution >= 0.6 is 12.2 Å². The second-order valence-corrected chi connectivity index (χ2v) is 9.08. The van der Waals surface area contributed by atoms with Crippen LogP contribution in [0.2, 0.25) is 0 Å². The summed E-state index contributed by atoms with van der Waals surface area (Å²) in [6, 6.07) is 14.1. The molecule has 7 nitrogen and oxygen atoms in total. The zero-order valence-electron chi connectivity index (χ0n) is 20.2. The molecule has 0 unspecified atom stereocenters. The van der Waals surface area contributed by atoms with Gasteiger partial charge in [0.1, 0.15) is 0 Å². The van der Waals surface area contributed by atoms with E-state index in [0.717, 1.165) is 11.6 Å². The summed E-state index contributed by atoms with van der Waals surface area (Å²) in [5, 5.41) is 11.8. The number of carbonyl (C=O) groups excluding carboxylic acids is 1. The van der Waals surface area contributed by atoms with Crippen molar-refractivity contribution in [3.63, 3.8) is 0 Å². The molecule has 1 heterocycles. The number of hydrogen-bond donors (Lipinski definition) is 2.